The molecule has 1 aromatic carbocycles. The summed E-state index contributed by atoms with van der Waals surface area (Å²) in [6, 6.07) is 8.23. The van der Waals surface area contributed by atoms with Crippen LogP contribution in [0, 0.1) is 32.6 Å². The number of amides is 1. The second-order valence-corrected chi connectivity index (χ2v) is 7.18. The van der Waals surface area contributed by atoms with Crippen LogP contribution in [0.1, 0.15) is 35.4 Å². The minimum Gasteiger partial charge on any atom is -0.481 e. The third-order valence-corrected chi connectivity index (χ3v) is 5.13. The van der Waals surface area contributed by atoms with E-state index >= 15 is 0 Å². The van der Waals surface area contributed by atoms with E-state index in [-0.39, 0.29) is 5.91 Å². The van der Waals surface area contributed by atoms with Gasteiger partial charge in [0.05, 0.1) is 35.5 Å². The minimum absolute atomic E-state index is 0.256. The van der Waals surface area contributed by atoms with E-state index in [0.29, 0.717) is 25.1 Å². The van der Waals surface area contributed by atoms with Gasteiger partial charge in [-0.05, 0) is 39.2 Å². The number of benzene rings is 1. The van der Waals surface area contributed by atoms with Crippen LogP contribution in [0.3, 0.4) is 0 Å². The molecule has 6 heteroatoms. The Hall–Kier alpha value is -2.89. The van der Waals surface area contributed by atoms with E-state index in [1.54, 1.807) is 0 Å². The normalized spacial score (nSPS) is 19.1. The standard InChI is InChI=1S/C21H25N3O3/c1-13-7-6-8-16(11-13)12-24-15(3)19(14(2)23-24)22-20(25)17-9-4-5-10-18(17)21(26)27/h4-8,11,17-18H,9-10,12H2,1-3H3,(H,22,25)(H,26,27). The Balaban J connectivity index is 1.79. The van der Waals surface area contributed by atoms with E-state index in [2.05, 4.69) is 16.5 Å². The van der Waals surface area contributed by atoms with Gasteiger partial charge in [-0.2, -0.15) is 5.10 Å². The van der Waals surface area contributed by atoms with Crippen molar-refractivity contribution < 1.29 is 14.7 Å². The molecule has 3 rings (SSSR count). The van der Waals surface area contributed by atoms with Crippen molar-refractivity contribution in [1.82, 2.24) is 9.78 Å². The SMILES string of the molecule is Cc1cccc(Cn2nc(C)c(NC(=O)C3CC=CCC3C(=O)O)c2C)c1. The smallest absolute Gasteiger partial charge is 0.307 e. The molecule has 142 valence electrons. The molecule has 0 spiro atoms. The van der Waals surface area contributed by atoms with Gasteiger partial charge in [-0.3, -0.25) is 14.3 Å². The number of nitrogens with one attached hydrogen (secondary N) is 1. The van der Waals surface area contributed by atoms with Crippen LogP contribution < -0.4 is 5.32 Å². The summed E-state index contributed by atoms with van der Waals surface area (Å²) in [4.78, 5) is 24.2. The Morgan fingerprint density at radius 3 is 2.56 bits per heavy atom. The largest absolute Gasteiger partial charge is 0.481 e. The summed E-state index contributed by atoms with van der Waals surface area (Å²) in [6.07, 6.45) is 4.54. The van der Waals surface area contributed by atoms with Gasteiger partial charge in [-0.15, -0.1) is 0 Å². The maximum atomic E-state index is 12.8. The van der Waals surface area contributed by atoms with Gasteiger partial charge < -0.3 is 10.4 Å². The van der Waals surface area contributed by atoms with Crippen LogP contribution >= 0.6 is 0 Å². The summed E-state index contributed by atoms with van der Waals surface area (Å²) in [5.41, 5.74) is 4.59. The first-order chi connectivity index (χ1) is 12.9. The zero-order chi connectivity index (χ0) is 19.6. The van der Waals surface area contributed by atoms with Crippen molar-refractivity contribution in [2.24, 2.45) is 11.8 Å². The van der Waals surface area contributed by atoms with E-state index < -0.39 is 17.8 Å². The van der Waals surface area contributed by atoms with Crippen molar-refractivity contribution in [3.8, 4) is 0 Å². The fourth-order valence-corrected chi connectivity index (χ4v) is 3.61. The maximum absolute atomic E-state index is 12.8. The van der Waals surface area contributed by atoms with Crippen molar-refractivity contribution in [2.45, 2.75) is 40.2 Å². The summed E-state index contributed by atoms with van der Waals surface area (Å²) >= 11 is 0. The average molecular weight is 367 g/mol. The highest BCUT2D eigenvalue weighted by molar-refractivity contribution is 5.96. The second kappa shape index (κ2) is 7.78. The maximum Gasteiger partial charge on any atom is 0.307 e. The van der Waals surface area contributed by atoms with Crippen molar-refractivity contribution in [3.05, 3.63) is 58.9 Å². The van der Waals surface area contributed by atoms with Gasteiger partial charge in [0.25, 0.3) is 0 Å². The van der Waals surface area contributed by atoms with Crippen molar-refractivity contribution in [1.29, 1.82) is 0 Å². The Morgan fingerprint density at radius 1 is 1.19 bits per heavy atom. The van der Waals surface area contributed by atoms with Crippen LogP contribution in [0.4, 0.5) is 5.69 Å². The molecule has 1 amide bonds. The lowest BCUT2D eigenvalue weighted by molar-refractivity contribution is -0.146. The monoisotopic (exact) mass is 367 g/mol. The Kier molecular flexibility index (Phi) is 5.44. The molecule has 0 saturated heterocycles. The van der Waals surface area contributed by atoms with Crippen LogP contribution in [0.25, 0.3) is 0 Å². The average Bonchev–Trinajstić information content (AvgIpc) is 2.89. The lowest BCUT2D eigenvalue weighted by atomic mass is 9.82. The molecule has 0 bridgehead atoms. The fourth-order valence-electron chi connectivity index (χ4n) is 3.61. The van der Waals surface area contributed by atoms with E-state index in [9.17, 15) is 14.7 Å². The van der Waals surface area contributed by atoms with Gasteiger partial charge in [0.1, 0.15) is 0 Å². The Labute approximate surface area is 158 Å². The Morgan fingerprint density at radius 2 is 1.89 bits per heavy atom. The molecular formula is C21H25N3O3. The molecule has 0 aliphatic heterocycles. The number of carbonyl (C=O) groups is 2. The number of carboxylic acid groups (broad SMARTS) is 1. The van der Waals surface area contributed by atoms with Crippen molar-refractivity contribution in [2.75, 3.05) is 5.32 Å². The van der Waals surface area contributed by atoms with E-state index in [1.807, 2.05) is 55.8 Å². The number of carbonyl (C=O) groups excluding carboxylic acids is 1. The molecular weight excluding hydrogens is 342 g/mol. The highest BCUT2D eigenvalue weighted by atomic mass is 16.4. The van der Waals surface area contributed by atoms with Crippen LogP contribution in [0.15, 0.2) is 36.4 Å². The van der Waals surface area contributed by atoms with Crippen LogP contribution in [0.5, 0.6) is 0 Å². The molecule has 6 nitrogen and oxygen atoms in total. The van der Waals surface area contributed by atoms with E-state index in [0.717, 1.165) is 17.0 Å². The third-order valence-electron chi connectivity index (χ3n) is 5.13. The summed E-state index contributed by atoms with van der Waals surface area (Å²) < 4.78 is 1.87. The molecule has 0 radical (unpaired) electrons. The molecule has 1 aliphatic rings. The Bertz CT molecular complexity index is 898. The highest BCUT2D eigenvalue weighted by Gasteiger charge is 2.34. The first-order valence-electron chi connectivity index (χ1n) is 9.15. The van der Waals surface area contributed by atoms with Gasteiger partial charge in [0, 0.05) is 0 Å². The predicted molar refractivity (Wildman–Crippen MR) is 104 cm³/mol. The molecule has 1 aromatic heterocycles. The number of nitrogens with zero attached hydrogens (tertiary/aromatic N) is 2. The quantitative estimate of drug-likeness (QED) is 0.793. The zero-order valence-corrected chi connectivity index (χ0v) is 15.9. The number of aromatic nitrogens is 2. The number of carboxylic acids is 1. The molecule has 1 heterocycles. The van der Waals surface area contributed by atoms with Crippen LogP contribution in [-0.2, 0) is 16.1 Å². The van der Waals surface area contributed by atoms with Crippen LogP contribution in [0.2, 0.25) is 0 Å². The summed E-state index contributed by atoms with van der Waals surface area (Å²) in [5.74, 6) is -2.43. The lowest BCUT2D eigenvalue weighted by Gasteiger charge is -2.24. The van der Waals surface area contributed by atoms with Gasteiger partial charge >= 0.3 is 5.97 Å². The number of hydrogen-bond acceptors (Lipinski definition) is 3. The number of allylic oxidation sites excluding steroid dienone is 2. The first kappa shape index (κ1) is 18.9. The molecule has 27 heavy (non-hydrogen) atoms. The van der Waals surface area contributed by atoms with Gasteiger partial charge in [-0.25, -0.2) is 0 Å². The third kappa shape index (κ3) is 4.10. The van der Waals surface area contributed by atoms with Gasteiger partial charge in [-0.1, -0.05) is 42.0 Å². The molecule has 1 aliphatic carbocycles. The fraction of sp³-hybridized carbons (Fsp3) is 0.381. The predicted octanol–water partition coefficient (Wildman–Crippen LogP) is 3.46. The van der Waals surface area contributed by atoms with Gasteiger partial charge in [0.2, 0.25) is 5.91 Å². The molecule has 0 fully saturated rings. The van der Waals surface area contributed by atoms with E-state index in [4.69, 9.17) is 0 Å². The molecule has 0 saturated carbocycles. The number of aryl methyl sites for hydroxylation is 2. The molecule has 2 N–H and O–H groups in total. The number of rotatable bonds is 5. The van der Waals surface area contributed by atoms with E-state index in [1.165, 1.54) is 5.56 Å². The first-order valence-corrected chi connectivity index (χ1v) is 9.15. The highest BCUT2D eigenvalue weighted by Crippen LogP contribution is 2.29. The topological polar surface area (TPSA) is 84.2 Å². The summed E-state index contributed by atoms with van der Waals surface area (Å²) in [5, 5.41) is 16.9. The van der Waals surface area contributed by atoms with Gasteiger partial charge in [0.15, 0.2) is 0 Å². The van der Waals surface area contributed by atoms with Crippen LogP contribution in [-0.4, -0.2) is 26.8 Å². The molecule has 2 aromatic rings. The molecule has 2 atom stereocenters. The summed E-state index contributed by atoms with van der Waals surface area (Å²) in [6.45, 7) is 6.44. The number of anilines is 1. The lowest BCUT2D eigenvalue weighted by Crippen LogP contribution is -2.35. The second-order valence-electron chi connectivity index (χ2n) is 7.18. The number of hydrogen-bond donors (Lipinski definition) is 2. The van der Waals surface area contributed by atoms with Crippen molar-refractivity contribution in [3.63, 3.8) is 0 Å². The minimum atomic E-state index is -0.928. The zero-order valence-electron chi connectivity index (χ0n) is 15.9. The molecule has 2 unspecified atom stereocenters. The van der Waals surface area contributed by atoms with Crippen molar-refractivity contribution >= 4 is 17.6 Å². The summed E-state index contributed by atoms with van der Waals surface area (Å²) in [7, 11) is 0. The number of aliphatic carboxylic acids is 1.